The lowest BCUT2D eigenvalue weighted by Gasteiger charge is -2.49. The molecule has 0 amide bonds. The highest BCUT2D eigenvalue weighted by atomic mass is 16.5. The van der Waals surface area contributed by atoms with E-state index in [4.69, 9.17) is 10.5 Å². The number of morpholine rings is 1. The molecule has 1 heterocycles. The molecule has 3 nitrogen and oxygen atoms in total. The molecule has 0 spiro atoms. The molecule has 3 heteroatoms. The molecular formula is C15H30N2O. The summed E-state index contributed by atoms with van der Waals surface area (Å²) < 4.78 is 5.63. The fourth-order valence-electron chi connectivity index (χ4n) is 3.73. The molecule has 0 aromatic rings. The maximum Gasteiger partial charge on any atom is 0.0645 e. The zero-order valence-electron chi connectivity index (χ0n) is 12.3. The molecule has 18 heavy (non-hydrogen) atoms. The van der Waals surface area contributed by atoms with Crippen LogP contribution in [0.5, 0.6) is 0 Å². The van der Waals surface area contributed by atoms with E-state index in [1.807, 2.05) is 0 Å². The number of nitrogens with two attached hydrogens (primary N) is 1. The molecule has 0 radical (unpaired) electrons. The van der Waals surface area contributed by atoms with E-state index >= 15 is 0 Å². The summed E-state index contributed by atoms with van der Waals surface area (Å²) in [5.74, 6) is 1.71. The smallest absolute Gasteiger partial charge is 0.0645 e. The molecular weight excluding hydrogens is 224 g/mol. The summed E-state index contributed by atoms with van der Waals surface area (Å²) in [5, 5.41) is 0. The summed E-state index contributed by atoms with van der Waals surface area (Å²) in [7, 11) is 0. The van der Waals surface area contributed by atoms with E-state index < -0.39 is 0 Å². The van der Waals surface area contributed by atoms with E-state index in [0.29, 0.717) is 6.04 Å². The van der Waals surface area contributed by atoms with Crippen molar-refractivity contribution in [1.29, 1.82) is 0 Å². The SMILES string of the molecule is CC1CCC(C(CN)N2CCOCC2(C)C)CC1. The lowest BCUT2D eigenvalue weighted by molar-refractivity contribution is -0.0845. The minimum atomic E-state index is 0.144. The molecule has 2 N–H and O–H groups in total. The molecule has 1 unspecified atom stereocenters. The van der Waals surface area contributed by atoms with Crippen LogP contribution in [-0.4, -0.2) is 42.8 Å². The molecule has 1 saturated heterocycles. The molecule has 2 fully saturated rings. The topological polar surface area (TPSA) is 38.5 Å². The zero-order valence-corrected chi connectivity index (χ0v) is 12.3. The average Bonchev–Trinajstić information content (AvgIpc) is 2.34. The van der Waals surface area contributed by atoms with Crippen molar-refractivity contribution in [2.75, 3.05) is 26.3 Å². The van der Waals surface area contributed by atoms with Crippen LogP contribution in [0.25, 0.3) is 0 Å². The van der Waals surface area contributed by atoms with E-state index in [2.05, 4.69) is 25.7 Å². The number of nitrogens with zero attached hydrogens (tertiary/aromatic N) is 1. The van der Waals surface area contributed by atoms with Crippen LogP contribution in [0.15, 0.2) is 0 Å². The van der Waals surface area contributed by atoms with Crippen LogP contribution < -0.4 is 5.73 Å². The van der Waals surface area contributed by atoms with Gasteiger partial charge in [0, 0.05) is 24.7 Å². The van der Waals surface area contributed by atoms with Crippen molar-refractivity contribution in [2.45, 2.75) is 58.0 Å². The van der Waals surface area contributed by atoms with Crippen molar-refractivity contribution in [1.82, 2.24) is 4.90 Å². The van der Waals surface area contributed by atoms with Gasteiger partial charge in [0.15, 0.2) is 0 Å². The summed E-state index contributed by atoms with van der Waals surface area (Å²) >= 11 is 0. The Kier molecular flexibility index (Phi) is 4.68. The van der Waals surface area contributed by atoms with Crippen molar-refractivity contribution in [3.05, 3.63) is 0 Å². The Balaban J connectivity index is 2.03. The summed E-state index contributed by atoms with van der Waals surface area (Å²) in [6.07, 6.45) is 5.48. The molecule has 0 bridgehead atoms. The van der Waals surface area contributed by atoms with Crippen molar-refractivity contribution in [3.63, 3.8) is 0 Å². The molecule has 1 aliphatic heterocycles. The Bertz CT molecular complexity index is 259. The van der Waals surface area contributed by atoms with Gasteiger partial charge in [-0.25, -0.2) is 0 Å². The van der Waals surface area contributed by atoms with Crippen LogP contribution in [0.4, 0.5) is 0 Å². The molecule has 0 aromatic carbocycles. The van der Waals surface area contributed by atoms with Crippen molar-refractivity contribution in [2.24, 2.45) is 17.6 Å². The maximum absolute atomic E-state index is 6.11. The van der Waals surface area contributed by atoms with E-state index in [1.165, 1.54) is 25.7 Å². The van der Waals surface area contributed by atoms with Gasteiger partial charge < -0.3 is 10.5 Å². The zero-order chi connectivity index (χ0) is 13.2. The molecule has 1 aliphatic carbocycles. The summed E-state index contributed by atoms with van der Waals surface area (Å²) in [6, 6.07) is 0.552. The lowest BCUT2D eigenvalue weighted by atomic mass is 9.77. The highest BCUT2D eigenvalue weighted by Gasteiger charge is 2.38. The Morgan fingerprint density at radius 3 is 2.50 bits per heavy atom. The van der Waals surface area contributed by atoms with Crippen LogP contribution in [0.1, 0.15) is 46.5 Å². The van der Waals surface area contributed by atoms with Gasteiger partial charge in [0.05, 0.1) is 13.2 Å². The number of rotatable bonds is 3. The van der Waals surface area contributed by atoms with Gasteiger partial charge in [0.25, 0.3) is 0 Å². The summed E-state index contributed by atoms with van der Waals surface area (Å²) in [5.41, 5.74) is 6.25. The van der Waals surface area contributed by atoms with Crippen LogP contribution in [0, 0.1) is 11.8 Å². The fraction of sp³-hybridized carbons (Fsp3) is 1.00. The molecule has 1 saturated carbocycles. The monoisotopic (exact) mass is 254 g/mol. The lowest BCUT2D eigenvalue weighted by Crippen LogP contribution is -2.61. The first-order valence-electron chi connectivity index (χ1n) is 7.59. The molecule has 2 rings (SSSR count). The van der Waals surface area contributed by atoms with E-state index in [-0.39, 0.29) is 5.54 Å². The second-order valence-electron chi connectivity index (χ2n) is 6.88. The van der Waals surface area contributed by atoms with Crippen LogP contribution >= 0.6 is 0 Å². The Hall–Kier alpha value is -0.120. The van der Waals surface area contributed by atoms with Crippen LogP contribution in [0.3, 0.4) is 0 Å². The largest absolute Gasteiger partial charge is 0.378 e. The second kappa shape index (κ2) is 5.89. The van der Waals surface area contributed by atoms with Gasteiger partial charge in [-0.05, 0) is 38.5 Å². The normalized spacial score (nSPS) is 35.3. The number of hydrogen-bond acceptors (Lipinski definition) is 3. The number of hydrogen-bond donors (Lipinski definition) is 1. The van der Waals surface area contributed by atoms with Crippen LogP contribution in [0.2, 0.25) is 0 Å². The first kappa shape index (κ1) is 14.3. The third kappa shape index (κ3) is 3.06. The van der Waals surface area contributed by atoms with Crippen molar-refractivity contribution < 1.29 is 4.74 Å². The summed E-state index contributed by atoms with van der Waals surface area (Å²) in [4.78, 5) is 2.62. The van der Waals surface area contributed by atoms with E-state index in [0.717, 1.165) is 38.1 Å². The minimum absolute atomic E-state index is 0.144. The maximum atomic E-state index is 6.11. The standard InChI is InChI=1S/C15H30N2O/c1-12-4-6-13(7-5-12)14(10-16)17-8-9-18-11-15(17,2)3/h12-14H,4-11,16H2,1-3H3. The summed E-state index contributed by atoms with van der Waals surface area (Å²) in [6.45, 7) is 10.5. The quantitative estimate of drug-likeness (QED) is 0.839. The average molecular weight is 254 g/mol. The predicted octanol–water partition coefficient (Wildman–Crippen LogP) is 2.25. The first-order valence-corrected chi connectivity index (χ1v) is 7.59. The molecule has 0 aromatic heterocycles. The highest BCUT2D eigenvalue weighted by molar-refractivity contribution is 4.93. The number of ether oxygens (including phenoxy) is 1. The van der Waals surface area contributed by atoms with Gasteiger partial charge in [-0.2, -0.15) is 0 Å². The van der Waals surface area contributed by atoms with Gasteiger partial charge in [-0.1, -0.05) is 19.8 Å². The van der Waals surface area contributed by atoms with Gasteiger partial charge in [0.1, 0.15) is 0 Å². The van der Waals surface area contributed by atoms with Crippen molar-refractivity contribution >= 4 is 0 Å². The molecule has 1 atom stereocenters. The van der Waals surface area contributed by atoms with Crippen molar-refractivity contribution in [3.8, 4) is 0 Å². The first-order chi connectivity index (χ1) is 8.54. The predicted molar refractivity (Wildman–Crippen MR) is 75.6 cm³/mol. The Morgan fingerprint density at radius 1 is 1.28 bits per heavy atom. The van der Waals surface area contributed by atoms with Gasteiger partial charge in [-0.3, -0.25) is 4.90 Å². The van der Waals surface area contributed by atoms with Crippen LogP contribution in [-0.2, 0) is 4.74 Å². The third-order valence-electron chi connectivity index (χ3n) is 4.96. The van der Waals surface area contributed by atoms with E-state index in [9.17, 15) is 0 Å². The Labute approximate surface area is 112 Å². The van der Waals surface area contributed by atoms with E-state index in [1.54, 1.807) is 0 Å². The Morgan fingerprint density at radius 2 is 1.94 bits per heavy atom. The van der Waals surface area contributed by atoms with Gasteiger partial charge >= 0.3 is 0 Å². The second-order valence-corrected chi connectivity index (χ2v) is 6.88. The van der Waals surface area contributed by atoms with Gasteiger partial charge in [0.2, 0.25) is 0 Å². The molecule has 106 valence electrons. The van der Waals surface area contributed by atoms with Gasteiger partial charge in [-0.15, -0.1) is 0 Å². The minimum Gasteiger partial charge on any atom is -0.378 e. The fourth-order valence-corrected chi connectivity index (χ4v) is 3.73. The highest BCUT2D eigenvalue weighted by Crippen LogP contribution is 2.35. The molecule has 2 aliphatic rings. The third-order valence-corrected chi connectivity index (χ3v) is 4.96.